The van der Waals surface area contributed by atoms with E-state index in [-0.39, 0.29) is 10.3 Å². The van der Waals surface area contributed by atoms with Crippen LogP contribution in [0.1, 0.15) is 12.8 Å². The highest BCUT2D eigenvalue weighted by molar-refractivity contribution is 7.91. The number of rotatable bonds is 3. The number of halogens is 1. The highest BCUT2D eigenvalue weighted by Crippen LogP contribution is 2.29. The van der Waals surface area contributed by atoms with Crippen molar-refractivity contribution in [3.05, 3.63) is 16.5 Å². The van der Waals surface area contributed by atoms with Crippen molar-refractivity contribution in [1.82, 2.24) is 9.62 Å². The largest absolute Gasteiger partial charge is 0.453 e. The Balaban J connectivity index is 1.98. The van der Waals surface area contributed by atoms with Crippen molar-refractivity contribution >= 4 is 39.1 Å². The molecule has 0 aromatic carbocycles. The topological polar surface area (TPSA) is 75.7 Å². The Bertz CT molecular complexity index is 579. The molecule has 1 amide bonds. The second kappa shape index (κ2) is 6.30. The van der Waals surface area contributed by atoms with Gasteiger partial charge >= 0.3 is 6.09 Å². The molecule has 0 radical (unpaired) electrons. The summed E-state index contributed by atoms with van der Waals surface area (Å²) in [5.74, 6) is 0. The fourth-order valence-corrected chi connectivity index (χ4v) is 5.14. The SMILES string of the molecule is COC(=O)NC1CCN(S(=O)(=O)c2ccc(Cl)s2)CC1. The van der Waals surface area contributed by atoms with Crippen LogP contribution in [0.3, 0.4) is 0 Å². The van der Waals surface area contributed by atoms with Gasteiger partial charge in [-0.3, -0.25) is 0 Å². The van der Waals surface area contributed by atoms with Crippen molar-refractivity contribution in [2.45, 2.75) is 23.1 Å². The monoisotopic (exact) mass is 338 g/mol. The summed E-state index contributed by atoms with van der Waals surface area (Å²) in [7, 11) is -2.17. The fourth-order valence-electron chi connectivity index (χ4n) is 2.03. The number of sulfonamides is 1. The van der Waals surface area contributed by atoms with Crippen molar-refractivity contribution in [2.75, 3.05) is 20.2 Å². The van der Waals surface area contributed by atoms with E-state index >= 15 is 0 Å². The standard InChI is InChI=1S/C11H15ClN2O4S2/c1-18-11(15)13-8-4-6-14(7-5-8)20(16,17)10-3-2-9(12)19-10/h2-3,8H,4-7H2,1H3,(H,13,15). The number of carbonyl (C=O) groups is 1. The van der Waals surface area contributed by atoms with Gasteiger partial charge in [0, 0.05) is 19.1 Å². The molecule has 1 aliphatic rings. The first-order chi connectivity index (χ1) is 9.43. The number of nitrogens with one attached hydrogen (secondary N) is 1. The van der Waals surface area contributed by atoms with Crippen molar-refractivity contribution in [3.8, 4) is 0 Å². The van der Waals surface area contributed by atoms with E-state index < -0.39 is 16.1 Å². The molecule has 1 saturated heterocycles. The summed E-state index contributed by atoms with van der Waals surface area (Å²) in [5, 5.41) is 2.68. The Morgan fingerprint density at radius 1 is 1.45 bits per heavy atom. The van der Waals surface area contributed by atoms with Crippen LogP contribution in [0.5, 0.6) is 0 Å². The van der Waals surface area contributed by atoms with Gasteiger partial charge < -0.3 is 10.1 Å². The van der Waals surface area contributed by atoms with Gasteiger partial charge in [-0.1, -0.05) is 11.6 Å². The van der Waals surface area contributed by atoms with Crippen molar-refractivity contribution in [2.24, 2.45) is 0 Å². The number of ether oxygens (including phenoxy) is 1. The maximum atomic E-state index is 12.4. The predicted molar refractivity (Wildman–Crippen MR) is 76.7 cm³/mol. The molecule has 112 valence electrons. The van der Waals surface area contributed by atoms with E-state index in [2.05, 4.69) is 10.1 Å². The molecule has 0 saturated carbocycles. The third-order valence-electron chi connectivity index (χ3n) is 3.10. The minimum atomic E-state index is -3.48. The zero-order valence-corrected chi connectivity index (χ0v) is 13.2. The first-order valence-electron chi connectivity index (χ1n) is 6.03. The lowest BCUT2D eigenvalue weighted by Gasteiger charge is -2.30. The molecule has 0 bridgehead atoms. The van der Waals surface area contributed by atoms with E-state index in [1.807, 2.05) is 0 Å². The Kier molecular flexibility index (Phi) is 4.90. The lowest BCUT2D eigenvalue weighted by Crippen LogP contribution is -2.46. The van der Waals surface area contributed by atoms with Crippen LogP contribution >= 0.6 is 22.9 Å². The molecule has 2 heterocycles. The van der Waals surface area contributed by atoms with Crippen LogP contribution in [-0.4, -0.2) is 45.1 Å². The molecule has 2 rings (SSSR count). The first-order valence-corrected chi connectivity index (χ1v) is 8.67. The van der Waals surface area contributed by atoms with E-state index in [4.69, 9.17) is 11.6 Å². The third kappa shape index (κ3) is 3.43. The maximum absolute atomic E-state index is 12.4. The zero-order valence-electron chi connectivity index (χ0n) is 10.8. The van der Waals surface area contributed by atoms with E-state index in [1.165, 1.54) is 17.5 Å². The summed E-state index contributed by atoms with van der Waals surface area (Å²) in [6.45, 7) is 0.735. The molecular weight excluding hydrogens is 324 g/mol. The second-order valence-corrected chi connectivity index (χ2v) is 8.25. The van der Waals surface area contributed by atoms with Gasteiger partial charge in [-0.25, -0.2) is 13.2 Å². The smallest absolute Gasteiger partial charge is 0.407 e. The molecular formula is C11H15ClN2O4S2. The van der Waals surface area contributed by atoms with Crippen LogP contribution in [0.25, 0.3) is 0 Å². The van der Waals surface area contributed by atoms with Crippen LogP contribution in [-0.2, 0) is 14.8 Å². The van der Waals surface area contributed by atoms with Crippen molar-refractivity contribution in [3.63, 3.8) is 0 Å². The number of hydrogen-bond donors (Lipinski definition) is 1. The van der Waals surface area contributed by atoms with Gasteiger partial charge in [-0.2, -0.15) is 4.31 Å². The molecule has 6 nitrogen and oxygen atoms in total. The molecule has 0 unspecified atom stereocenters. The summed E-state index contributed by atoms with van der Waals surface area (Å²) in [6.07, 6.45) is 0.636. The summed E-state index contributed by atoms with van der Waals surface area (Å²) in [6, 6.07) is 3.03. The van der Waals surface area contributed by atoms with Crippen molar-refractivity contribution < 1.29 is 17.9 Å². The summed E-state index contributed by atoms with van der Waals surface area (Å²) < 4.78 is 31.3. The van der Waals surface area contributed by atoms with Gasteiger partial charge in [-0.05, 0) is 25.0 Å². The zero-order chi connectivity index (χ0) is 14.8. The molecule has 1 N–H and O–H groups in total. The highest BCUT2D eigenvalue weighted by Gasteiger charge is 2.30. The van der Waals surface area contributed by atoms with E-state index in [0.29, 0.717) is 30.3 Å². The Morgan fingerprint density at radius 2 is 2.10 bits per heavy atom. The number of alkyl carbamates (subject to hydrolysis) is 1. The van der Waals surface area contributed by atoms with Crippen LogP contribution in [0.2, 0.25) is 4.34 Å². The minimum absolute atomic E-state index is 0.0548. The molecule has 9 heteroatoms. The molecule has 0 atom stereocenters. The minimum Gasteiger partial charge on any atom is -0.453 e. The maximum Gasteiger partial charge on any atom is 0.407 e. The van der Waals surface area contributed by atoms with Gasteiger partial charge in [-0.15, -0.1) is 11.3 Å². The van der Waals surface area contributed by atoms with Gasteiger partial charge in [0.15, 0.2) is 0 Å². The number of carbonyl (C=O) groups excluding carboxylic acids is 1. The van der Waals surface area contributed by atoms with Gasteiger partial charge in [0.2, 0.25) is 0 Å². The van der Waals surface area contributed by atoms with Crippen molar-refractivity contribution in [1.29, 1.82) is 0 Å². The van der Waals surface area contributed by atoms with E-state index in [9.17, 15) is 13.2 Å². The number of methoxy groups -OCH3 is 1. The third-order valence-corrected chi connectivity index (χ3v) is 6.70. The predicted octanol–water partition coefficient (Wildman–Crippen LogP) is 1.91. The average molecular weight is 339 g/mol. The number of piperidine rings is 1. The van der Waals surface area contributed by atoms with Crippen LogP contribution in [0.15, 0.2) is 16.3 Å². The van der Waals surface area contributed by atoms with E-state index in [1.54, 1.807) is 6.07 Å². The lowest BCUT2D eigenvalue weighted by atomic mass is 10.1. The van der Waals surface area contributed by atoms with Gasteiger partial charge in [0.25, 0.3) is 10.0 Å². The average Bonchev–Trinajstić information content (AvgIpc) is 2.86. The lowest BCUT2D eigenvalue weighted by molar-refractivity contribution is 0.161. The van der Waals surface area contributed by atoms with Crippen LogP contribution in [0.4, 0.5) is 4.79 Å². The highest BCUT2D eigenvalue weighted by atomic mass is 35.5. The molecule has 0 spiro atoms. The second-order valence-electron chi connectivity index (χ2n) is 4.37. The first kappa shape index (κ1) is 15.6. The molecule has 1 aromatic rings. The summed E-state index contributed by atoms with van der Waals surface area (Å²) >= 11 is 6.83. The molecule has 1 aromatic heterocycles. The molecule has 1 aliphatic heterocycles. The number of amides is 1. The Morgan fingerprint density at radius 3 is 2.60 bits per heavy atom. The number of nitrogens with zero attached hydrogens (tertiary/aromatic N) is 1. The molecule has 20 heavy (non-hydrogen) atoms. The molecule has 0 aliphatic carbocycles. The Labute approximate surface area is 126 Å². The van der Waals surface area contributed by atoms with Gasteiger partial charge in [0.1, 0.15) is 4.21 Å². The van der Waals surface area contributed by atoms with Crippen LogP contribution < -0.4 is 5.32 Å². The summed E-state index contributed by atoms with van der Waals surface area (Å²) in [4.78, 5) is 11.1. The fraction of sp³-hybridized carbons (Fsp3) is 0.545. The van der Waals surface area contributed by atoms with Crippen LogP contribution in [0, 0.1) is 0 Å². The molecule has 1 fully saturated rings. The van der Waals surface area contributed by atoms with E-state index in [0.717, 1.165) is 11.3 Å². The number of hydrogen-bond acceptors (Lipinski definition) is 5. The Hall–Kier alpha value is -0.830. The summed E-state index contributed by atoms with van der Waals surface area (Å²) in [5.41, 5.74) is 0. The van der Waals surface area contributed by atoms with Gasteiger partial charge in [0.05, 0.1) is 11.4 Å². The quantitative estimate of drug-likeness (QED) is 0.913. The number of thiophene rings is 1. The normalized spacial score (nSPS) is 17.9.